The minimum atomic E-state index is -0.419. The highest BCUT2D eigenvalue weighted by Gasteiger charge is 2.15. The fraction of sp³-hybridized carbons (Fsp3) is 0.188. The molecule has 0 saturated heterocycles. The van der Waals surface area contributed by atoms with E-state index < -0.39 is 5.82 Å². The lowest BCUT2D eigenvalue weighted by atomic mass is 10.0. The van der Waals surface area contributed by atoms with Crippen LogP contribution in [0.15, 0.2) is 46.9 Å². The molecule has 0 aliphatic rings. The van der Waals surface area contributed by atoms with Crippen molar-refractivity contribution in [2.24, 2.45) is 0 Å². The van der Waals surface area contributed by atoms with E-state index in [1.807, 2.05) is 31.3 Å². The fourth-order valence-electron chi connectivity index (χ4n) is 2.30. The summed E-state index contributed by atoms with van der Waals surface area (Å²) in [5.41, 5.74) is 2.49. The quantitative estimate of drug-likeness (QED) is 0.788. The van der Waals surface area contributed by atoms with Gasteiger partial charge < -0.3 is 9.73 Å². The molecule has 1 heterocycles. The van der Waals surface area contributed by atoms with Gasteiger partial charge in [0.25, 0.3) is 0 Å². The molecule has 0 radical (unpaired) electrons. The average molecular weight is 305 g/mol. The second kappa shape index (κ2) is 5.84. The Morgan fingerprint density at radius 1 is 1.29 bits per heavy atom. The molecule has 0 saturated carbocycles. The molecule has 3 nitrogen and oxygen atoms in total. The highest BCUT2D eigenvalue weighted by molar-refractivity contribution is 6.30. The number of likely N-dealkylation sites (N-methyl/N-ethyl adjacent to an activating group) is 1. The average Bonchev–Trinajstić information content (AvgIpc) is 2.90. The molecule has 108 valence electrons. The highest BCUT2D eigenvalue weighted by Crippen LogP contribution is 2.24. The second-order valence-corrected chi connectivity index (χ2v) is 5.20. The van der Waals surface area contributed by atoms with Crippen molar-refractivity contribution < 1.29 is 8.81 Å². The van der Waals surface area contributed by atoms with Gasteiger partial charge in [-0.3, -0.25) is 0 Å². The first-order valence-corrected chi connectivity index (χ1v) is 7.02. The summed E-state index contributed by atoms with van der Waals surface area (Å²) in [4.78, 5) is 4.45. The molecule has 0 aliphatic heterocycles. The number of hydrogen-bond donors (Lipinski definition) is 1. The number of halogens is 2. The summed E-state index contributed by atoms with van der Waals surface area (Å²) in [5.74, 6) is 0.216. The number of fused-ring (bicyclic) bond motifs is 1. The Hall–Kier alpha value is -1.91. The van der Waals surface area contributed by atoms with Crippen molar-refractivity contribution >= 4 is 22.7 Å². The van der Waals surface area contributed by atoms with Crippen LogP contribution < -0.4 is 5.32 Å². The molecule has 2 aromatic carbocycles. The maximum atomic E-state index is 13.2. The predicted molar refractivity (Wildman–Crippen MR) is 80.9 cm³/mol. The maximum Gasteiger partial charge on any atom is 0.197 e. The zero-order valence-electron chi connectivity index (χ0n) is 11.4. The summed E-state index contributed by atoms with van der Waals surface area (Å²) >= 11 is 5.84. The minimum absolute atomic E-state index is 0.0452. The number of hydrogen-bond acceptors (Lipinski definition) is 3. The lowest BCUT2D eigenvalue weighted by molar-refractivity contribution is 0.473. The number of para-hydroxylation sites is 2. The van der Waals surface area contributed by atoms with Crippen LogP contribution in [-0.4, -0.2) is 12.0 Å². The monoisotopic (exact) mass is 304 g/mol. The fourth-order valence-corrected chi connectivity index (χ4v) is 2.49. The van der Waals surface area contributed by atoms with Gasteiger partial charge in [0.05, 0.1) is 5.02 Å². The van der Waals surface area contributed by atoms with Crippen molar-refractivity contribution in [3.05, 3.63) is 64.8 Å². The number of oxazole rings is 1. The van der Waals surface area contributed by atoms with Crippen molar-refractivity contribution in [1.82, 2.24) is 10.3 Å². The van der Waals surface area contributed by atoms with Gasteiger partial charge in [-0.05, 0) is 36.9 Å². The summed E-state index contributed by atoms with van der Waals surface area (Å²) in [5, 5.41) is 3.29. The summed E-state index contributed by atoms with van der Waals surface area (Å²) in [7, 11) is 1.84. The van der Waals surface area contributed by atoms with E-state index in [0.717, 1.165) is 16.7 Å². The van der Waals surface area contributed by atoms with E-state index in [2.05, 4.69) is 10.3 Å². The first-order valence-electron chi connectivity index (χ1n) is 6.64. The Balaban J connectivity index is 1.88. The van der Waals surface area contributed by atoms with E-state index in [1.54, 1.807) is 12.1 Å². The molecule has 5 heteroatoms. The summed E-state index contributed by atoms with van der Waals surface area (Å²) in [6.45, 7) is 0. The molecule has 0 bridgehead atoms. The Kier molecular flexibility index (Phi) is 3.90. The van der Waals surface area contributed by atoms with Crippen molar-refractivity contribution in [1.29, 1.82) is 0 Å². The van der Waals surface area contributed by atoms with Crippen LogP contribution in [0, 0.1) is 5.82 Å². The standard InChI is InChI=1S/C16H14ClFN2O/c1-19-14(10-6-7-12(18)11(17)8-10)9-16-20-13-4-2-3-5-15(13)21-16/h2-8,14,19H,9H2,1H3. The first kappa shape index (κ1) is 14.0. The number of aromatic nitrogens is 1. The van der Waals surface area contributed by atoms with Crippen molar-refractivity contribution in [2.75, 3.05) is 7.05 Å². The molecule has 3 aromatic rings. The number of nitrogens with one attached hydrogen (secondary N) is 1. The SMILES string of the molecule is CNC(Cc1nc2ccccc2o1)c1ccc(F)c(Cl)c1. The van der Waals surface area contributed by atoms with E-state index in [1.165, 1.54) is 6.07 Å². The van der Waals surface area contributed by atoms with Gasteiger partial charge in [0.15, 0.2) is 11.5 Å². The van der Waals surface area contributed by atoms with E-state index in [-0.39, 0.29) is 11.1 Å². The van der Waals surface area contributed by atoms with E-state index in [9.17, 15) is 4.39 Å². The third-order valence-electron chi connectivity index (χ3n) is 3.41. The van der Waals surface area contributed by atoms with Crippen LogP contribution in [0.3, 0.4) is 0 Å². The smallest absolute Gasteiger partial charge is 0.197 e. The van der Waals surface area contributed by atoms with Crippen molar-refractivity contribution in [3.8, 4) is 0 Å². The molecule has 0 amide bonds. The zero-order valence-corrected chi connectivity index (χ0v) is 12.2. The Bertz CT molecular complexity index is 739. The molecule has 21 heavy (non-hydrogen) atoms. The predicted octanol–water partition coefficient (Wildman–Crippen LogP) is 4.12. The van der Waals surface area contributed by atoms with Crippen molar-refractivity contribution in [3.63, 3.8) is 0 Å². The summed E-state index contributed by atoms with van der Waals surface area (Å²) in [6, 6.07) is 12.3. The third kappa shape index (κ3) is 2.91. The molecule has 3 rings (SSSR count). The van der Waals surface area contributed by atoms with Gasteiger partial charge in [0.2, 0.25) is 0 Å². The van der Waals surface area contributed by atoms with Gasteiger partial charge >= 0.3 is 0 Å². The molecule has 1 unspecified atom stereocenters. The van der Waals surface area contributed by atoms with Gasteiger partial charge in [-0.2, -0.15) is 0 Å². The van der Waals surface area contributed by atoms with Crippen molar-refractivity contribution in [2.45, 2.75) is 12.5 Å². The number of rotatable bonds is 4. The zero-order chi connectivity index (χ0) is 14.8. The Morgan fingerprint density at radius 2 is 2.10 bits per heavy atom. The molecule has 1 aromatic heterocycles. The van der Waals surface area contributed by atoms with Crippen LogP contribution in [0.25, 0.3) is 11.1 Å². The molecular formula is C16H14ClFN2O. The van der Waals surface area contributed by atoms with Crippen LogP contribution >= 0.6 is 11.6 Å². The molecular weight excluding hydrogens is 291 g/mol. The van der Waals surface area contributed by atoms with Crippen LogP contribution in [0.1, 0.15) is 17.5 Å². The highest BCUT2D eigenvalue weighted by atomic mass is 35.5. The van der Waals surface area contributed by atoms with Gasteiger partial charge in [-0.1, -0.05) is 29.8 Å². The van der Waals surface area contributed by atoms with Gasteiger partial charge in [-0.25, -0.2) is 9.37 Å². The van der Waals surface area contributed by atoms with E-state index in [0.29, 0.717) is 12.3 Å². The number of benzene rings is 2. The lowest BCUT2D eigenvalue weighted by Crippen LogP contribution is -2.19. The molecule has 0 spiro atoms. The maximum absolute atomic E-state index is 13.2. The van der Waals surface area contributed by atoms with Gasteiger partial charge in [0.1, 0.15) is 11.3 Å². The number of nitrogens with zero attached hydrogens (tertiary/aromatic N) is 1. The molecule has 1 atom stereocenters. The summed E-state index contributed by atoms with van der Waals surface area (Å²) in [6.07, 6.45) is 0.563. The Morgan fingerprint density at radius 3 is 2.81 bits per heavy atom. The molecule has 1 N–H and O–H groups in total. The third-order valence-corrected chi connectivity index (χ3v) is 3.70. The van der Waals surface area contributed by atoms with Gasteiger partial charge in [0, 0.05) is 12.5 Å². The molecule has 0 fully saturated rings. The van der Waals surface area contributed by atoms with Crippen LogP contribution in [0.5, 0.6) is 0 Å². The first-order chi connectivity index (χ1) is 10.2. The van der Waals surface area contributed by atoms with Crippen LogP contribution in [0.4, 0.5) is 4.39 Å². The van der Waals surface area contributed by atoms with Crippen LogP contribution in [-0.2, 0) is 6.42 Å². The van der Waals surface area contributed by atoms with E-state index in [4.69, 9.17) is 16.0 Å². The largest absolute Gasteiger partial charge is 0.441 e. The second-order valence-electron chi connectivity index (χ2n) is 4.79. The molecule has 0 aliphatic carbocycles. The van der Waals surface area contributed by atoms with Crippen LogP contribution in [0.2, 0.25) is 5.02 Å². The van der Waals surface area contributed by atoms with Gasteiger partial charge in [-0.15, -0.1) is 0 Å². The Labute approximate surface area is 126 Å². The summed E-state index contributed by atoms with van der Waals surface area (Å²) < 4.78 is 19.0. The van der Waals surface area contributed by atoms with E-state index >= 15 is 0 Å². The minimum Gasteiger partial charge on any atom is -0.441 e. The lowest BCUT2D eigenvalue weighted by Gasteiger charge is -2.15. The normalized spacial score (nSPS) is 12.7. The topological polar surface area (TPSA) is 38.1 Å².